The van der Waals surface area contributed by atoms with Crippen molar-refractivity contribution in [3.8, 4) is 0 Å². The van der Waals surface area contributed by atoms with Crippen molar-refractivity contribution in [2.75, 3.05) is 6.54 Å². The summed E-state index contributed by atoms with van der Waals surface area (Å²) in [5, 5.41) is 5.61. The minimum Gasteiger partial charge on any atom is -0.306 e. The molecule has 0 aromatic heterocycles. The van der Waals surface area contributed by atoms with E-state index in [1.807, 2.05) is 24.3 Å². The van der Waals surface area contributed by atoms with Gasteiger partial charge in [-0.25, -0.2) is 0 Å². The Bertz CT molecular complexity index is 574. The Morgan fingerprint density at radius 1 is 0.952 bits per heavy atom. The molecule has 1 unspecified atom stereocenters. The molecule has 0 saturated heterocycles. The standard InChI is InChI=1S/C17H18Cl3N/c1-3-8-21-17(14-6-4-12(18)9-11(14)2)15-7-5-13(19)10-16(15)20/h4-7,9-10,17,21H,3,8H2,1-2H3. The molecule has 2 aromatic rings. The zero-order valence-corrected chi connectivity index (χ0v) is 14.4. The molecule has 0 aliphatic carbocycles. The molecule has 1 nitrogen and oxygen atoms in total. The summed E-state index contributed by atoms with van der Waals surface area (Å²) in [6, 6.07) is 11.6. The van der Waals surface area contributed by atoms with Gasteiger partial charge in [0, 0.05) is 15.1 Å². The summed E-state index contributed by atoms with van der Waals surface area (Å²) in [4.78, 5) is 0. The second-order valence-corrected chi connectivity index (χ2v) is 6.33. The molecule has 0 aliphatic heterocycles. The van der Waals surface area contributed by atoms with Crippen molar-refractivity contribution in [2.45, 2.75) is 26.3 Å². The van der Waals surface area contributed by atoms with Gasteiger partial charge >= 0.3 is 0 Å². The van der Waals surface area contributed by atoms with Crippen LogP contribution in [0.4, 0.5) is 0 Å². The second kappa shape index (κ2) is 7.51. The van der Waals surface area contributed by atoms with Gasteiger partial charge in [0.05, 0.1) is 6.04 Å². The van der Waals surface area contributed by atoms with E-state index in [2.05, 4.69) is 25.2 Å². The third-order valence-corrected chi connectivity index (χ3v) is 4.21. The molecular formula is C17H18Cl3N. The van der Waals surface area contributed by atoms with Crippen molar-refractivity contribution in [3.63, 3.8) is 0 Å². The maximum absolute atomic E-state index is 6.39. The molecule has 0 fully saturated rings. The first-order valence-electron chi connectivity index (χ1n) is 6.97. The van der Waals surface area contributed by atoms with Crippen LogP contribution in [-0.4, -0.2) is 6.54 Å². The van der Waals surface area contributed by atoms with Gasteiger partial charge in [0.2, 0.25) is 0 Å². The van der Waals surface area contributed by atoms with Crippen molar-refractivity contribution in [3.05, 3.63) is 68.2 Å². The molecule has 0 spiro atoms. The van der Waals surface area contributed by atoms with Gasteiger partial charge in [-0.3, -0.25) is 0 Å². The van der Waals surface area contributed by atoms with E-state index in [9.17, 15) is 0 Å². The van der Waals surface area contributed by atoms with Crippen LogP contribution in [0.15, 0.2) is 36.4 Å². The molecule has 4 heteroatoms. The van der Waals surface area contributed by atoms with Crippen molar-refractivity contribution in [1.82, 2.24) is 5.32 Å². The number of halogens is 3. The van der Waals surface area contributed by atoms with Gasteiger partial charge in [-0.05, 0) is 60.8 Å². The second-order valence-electron chi connectivity index (χ2n) is 5.05. The molecule has 112 valence electrons. The summed E-state index contributed by atoms with van der Waals surface area (Å²) >= 11 is 18.4. The molecule has 0 radical (unpaired) electrons. The quantitative estimate of drug-likeness (QED) is 0.698. The average Bonchev–Trinajstić information content (AvgIpc) is 2.42. The van der Waals surface area contributed by atoms with Crippen molar-refractivity contribution < 1.29 is 0 Å². The SMILES string of the molecule is CCCNC(c1ccc(Cl)cc1C)c1ccc(Cl)cc1Cl. The van der Waals surface area contributed by atoms with Gasteiger partial charge in [-0.1, -0.05) is 53.9 Å². The van der Waals surface area contributed by atoms with Crippen LogP contribution in [0.1, 0.15) is 36.1 Å². The summed E-state index contributed by atoms with van der Waals surface area (Å²) in [7, 11) is 0. The third-order valence-electron chi connectivity index (χ3n) is 3.41. The van der Waals surface area contributed by atoms with Gasteiger partial charge in [-0.2, -0.15) is 0 Å². The number of hydrogen-bond acceptors (Lipinski definition) is 1. The molecule has 0 heterocycles. The molecule has 21 heavy (non-hydrogen) atoms. The van der Waals surface area contributed by atoms with Gasteiger partial charge in [0.15, 0.2) is 0 Å². The zero-order chi connectivity index (χ0) is 15.4. The Morgan fingerprint density at radius 2 is 1.57 bits per heavy atom. The molecule has 2 aromatic carbocycles. The van der Waals surface area contributed by atoms with Crippen LogP contribution in [0.3, 0.4) is 0 Å². The predicted octanol–water partition coefficient (Wildman–Crippen LogP) is 6.04. The first-order valence-corrected chi connectivity index (χ1v) is 8.10. The van der Waals surface area contributed by atoms with Crippen LogP contribution in [-0.2, 0) is 0 Å². The molecule has 0 saturated carbocycles. The van der Waals surface area contributed by atoms with Gasteiger partial charge < -0.3 is 5.32 Å². The van der Waals surface area contributed by atoms with Crippen LogP contribution >= 0.6 is 34.8 Å². The van der Waals surface area contributed by atoms with Gasteiger partial charge in [0.25, 0.3) is 0 Å². The average molecular weight is 343 g/mol. The lowest BCUT2D eigenvalue weighted by molar-refractivity contribution is 0.596. The van der Waals surface area contributed by atoms with Crippen LogP contribution in [0.2, 0.25) is 15.1 Å². The molecule has 1 atom stereocenters. The Balaban J connectivity index is 2.46. The minimum atomic E-state index is 0.0342. The first kappa shape index (κ1) is 16.6. The fraction of sp³-hybridized carbons (Fsp3) is 0.294. The summed E-state index contributed by atoms with van der Waals surface area (Å²) in [6.07, 6.45) is 1.05. The topological polar surface area (TPSA) is 12.0 Å². The molecular weight excluding hydrogens is 325 g/mol. The monoisotopic (exact) mass is 341 g/mol. The molecule has 0 amide bonds. The number of hydrogen-bond donors (Lipinski definition) is 1. The van der Waals surface area contributed by atoms with Crippen molar-refractivity contribution in [1.29, 1.82) is 0 Å². The predicted molar refractivity (Wildman–Crippen MR) is 92.8 cm³/mol. The highest BCUT2D eigenvalue weighted by Crippen LogP contribution is 2.32. The van der Waals surface area contributed by atoms with E-state index < -0.39 is 0 Å². The molecule has 0 bridgehead atoms. The van der Waals surface area contributed by atoms with Crippen LogP contribution in [0.25, 0.3) is 0 Å². The van der Waals surface area contributed by atoms with E-state index in [0.29, 0.717) is 10.0 Å². The highest BCUT2D eigenvalue weighted by Gasteiger charge is 2.18. The lowest BCUT2D eigenvalue weighted by Gasteiger charge is -2.23. The smallest absolute Gasteiger partial charge is 0.0594 e. The zero-order valence-electron chi connectivity index (χ0n) is 12.1. The fourth-order valence-corrected chi connectivity index (χ4v) is 3.12. The fourth-order valence-electron chi connectivity index (χ4n) is 2.37. The lowest BCUT2D eigenvalue weighted by Crippen LogP contribution is -2.24. The Labute approximate surface area is 141 Å². The van der Waals surface area contributed by atoms with E-state index in [4.69, 9.17) is 34.8 Å². The van der Waals surface area contributed by atoms with E-state index in [-0.39, 0.29) is 6.04 Å². The summed E-state index contributed by atoms with van der Waals surface area (Å²) < 4.78 is 0. The number of rotatable bonds is 5. The van der Waals surface area contributed by atoms with E-state index in [1.165, 1.54) is 5.56 Å². The largest absolute Gasteiger partial charge is 0.306 e. The van der Waals surface area contributed by atoms with Gasteiger partial charge in [-0.15, -0.1) is 0 Å². The molecule has 1 N–H and O–H groups in total. The van der Waals surface area contributed by atoms with Crippen LogP contribution in [0.5, 0.6) is 0 Å². The van der Waals surface area contributed by atoms with E-state index in [0.717, 1.165) is 29.1 Å². The molecule has 0 aliphatic rings. The van der Waals surface area contributed by atoms with Crippen LogP contribution < -0.4 is 5.32 Å². The third kappa shape index (κ3) is 4.14. The van der Waals surface area contributed by atoms with Gasteiger partial charge in [0.1, 0.15) is 0 Å². The Kier molecular flexibility index (Phi) is 5.95. The molecule has 2 rings (SSSR count). The number of nitrogens with one attached hydrogen (secondary N) is 1. The van der Waals surface area contributed by atoms with Crippen molar-refractivity contribution >= 4 is 34.8 Å². The van der Waals surface area contributed by atoms with Crippen molar-refractivity contribution in [2.24, 2.45) is 0 Å². The Hall–Kier alpha value is -0.730. The number of benzene rings is 2. The van der Waals surface area contributed by atoms with Crippen LogP contribution in [0, 0.1) is 6.92 Å². The minimum absolute atomic E-state index is 0.0342. The van der Waals surface area contributed by atoms with E-state index in [1.54, 1.807) is 6.07 Å². The summed E-state index contributed by atoms with van der Waals surface area (Å²) in [6.45, 7) is 5.11. The highest BCUT2D eigenvalue weighted by atomic mass is 35.5. The normalized spacial score (nSPS) is 12.4. The summed E-state index contributed by atoms with van der Waals surface area (Å²) in [5.41, 5.74) is 3.35. The lowest BCUT2D eigenvalue weighted by atomic mass is 9.95. The number of aryl methyl sites for hydroxylation is 1. The maximum atomic E-state index is 6.39. The summed E-state index contributed by atoms with van der Waals surface area (Å²) in [5.74, 6) is 0. The Morgan fingerprint density at radius 3 is 2.14 bits per heavy atom. The van der Waals surface area contributed by atoms with E-state index >= 15 is 0 Å². The highest BCUT2D eigenvalue weighted by molar-refractivity contribution is 6.35. The first-order chi connectivity index (χ1) is 10.0. The maximum Gasteiger partial charge on any atom is 0.0594 e.